The van der Waals surface area contributed by atoms with Gasteiger partial charge in [-0.1, -0.05) is 0 Å². The van der Waals surface area contributed by atoms with Crippen molar-refractivity contribution in [1.82, 2.24) is 9.38 Å². The number of piperidine rings is 1. The number of imidazole rings is 1. The zero-order valence-electron chi connectivity index (χ0n) is 19.3. The number of imide groups is 1. The van der Waals surface area contributed by atoms with E-state index in [-0.39, 0.29) is 31.6 Å². The first-order valence-corrected chi connectivity index (χ1v) is 10.5. The Morgan fingerprint density at radius 2 is 1.56 bits per heavy atom. The fourth-order valence-corrected chi connectivity index (χ4v) is 3.33. The highest BCUT2D eigenvalue weighted by Gasteiger charge is 2.36. The lowest BCUT2D eigenvalue weighted by atomic mass is 10.1. The number of amides is 2. The number of rotatable bonds is 2. The lowest BCUT2D eigenvalue weighted by Gasteiger charge is -2.34. The molecule has 3 rings (SSSR count). The molecule has 8 nitrogen and oxygen atoms in total. The Morgan fingerprint density at radius 3 is 2.06 bits per heavy atom. The largest absolute Gasteiger partial charge is 0.443 e. The lowest BCUT2D eigenvalue weighted by molar-refractivity contribution is -0.0220. The van der Waals surface area contributed by atoms with Crippen LogP contribution in [-0.4, -0.2) is 51.8 Å². The van der Waals surface area contributed by atoms with Crippen LogP contribution < -0.4 is 9.80 Å². The van der Waals surface area contributed by atoms with E-state index >= 15 is 0 Å². The van der Waals surface area contributed by atoms with Crippen molar-refractivity contribution < 1.29 is 27.8 Å². The molecule has 0 radical (unpaired) electrons. The van der Waals surface area contributed by atoms with Crippen molar-refractivity contribution in [2.24, 2.45) is 0 Å². The van der Waals surface area contributed by atoms with E-state index in [0.29, 0.717) is 11.3 Å². The number of halogens is 2. The van der Waals surface area contributed by atoms with E-state index in [1.807, 2.05) is 0 Å². The minimum Gasteiger partial charge on any atom is -0.443 e. The van der Waals surface area contributed by atoms with Crippen molar-refractivity contribution in [2.75, 3.05) is 22.9 Å². The molecule has 0 N–H and O–H groups in total. The molecule has 176 valence electrons. The topological polar surface area (TPSA) is 76.4 Å². The molecular weight excluding hydrogens is 422 g/mol. The van der Waals surface area contributed by atoms with Crippen molar-refractivity contribution in [1.29, 1.82) is 0 Å². The van der Waals surface area contributed by atoms with Gasteiger partial charge in [0.05, 0.1) is 11.4 Å². The van der Waals surface area contributed by atoms with Crippen LogP contribution in [0, 0.1) is 0 Å². The normalized spacial score (nSPS) is 16.7. The van der Waals surface area contributed by atoms with Gasteiger partial charge in [0.2, 0.25) is 0 Å². The Kier molecular flexibility index (Phi) is 6.10. The summed E-state index contributed by atoms with van der Waals surface area (Å²) in [6.07, 6.45) is 2.40. The van der Waals surface area contributed by atoms with E-state index in [1.54, 1.807) is 75.5 Å². The maximum atomic E-state index is 13.7. The number of fused-ring (bicyclic) bond motifs is 1. The zero-order chi connectivity index (χ0) is 23.9. The summed E-state index contributed by atoms with van der Waals surface area (Å²) in [6, 6.07) is 1.58. The molecule has 1 fully saturated rings. The number of aromatic nitrogens is 2. The maximum Gasteiger partial charge on any atom is 0.424 e. The molecule has 32 heavy (non-hydrogen) atoms. The van der Waals surface area contributed by atoms with Gasteiger partial charge in [-0.3, -0.25) is 0 Å². The third kappa shape index (κ3) is 5.66. The Hall–Kier alpha value is -2.91. The van der Waals surface area contributed by atoms with E-state index in [4.69, 9.17) is 9.47 Å². The van der Waals surface area contributed by atoms with Crippen LogP contribution in [-0.2, 0) is 9.47 Å². The van der Waals surface area contributed by atoms with Crippen molar-refractivity contribution in [3.8, 4) is 0 Å². The van der Waals surface area contributed by atoms with E-state index in [2.05, 4.69) is 4.98 Å². The number of ether oxygens (including phenoxy) is 2. The molecule has 0 bridgehead atoms. The summed E-state index contributed by atoms with van der Waals surface area (Å²) in [7, 11) is 0. The van der Waals surface area contributed by atoms with E-state index < -0.39 is 29.3 Å². The number of anilines is 2. The molecule has 2 aromatic rings. The third-order valence-electron chi connectivity index (χ3n) is 4.70. The quantitative estimate of drug-likeness (QED) is 0.620. The van der Waals surface area contributed by atoms with Gasteiger partial charge in [0.25, 0.3) is 5.92 Å². The van der Waals surface area contributed by atoms with Gasteiger partial charge < -0.3 is 18.8 Å². The number of carbonyl (C=O) groups is 2. The average Bonchev–Trinajstić information content (AvgIpc) is 3.06. The van der Waals surface area contributed by atoms with Crippen molar-refractivity contribution >= 4 is 29.2 Å². The number of pyridine rings is 1. The molecule has 1 saturated heterocycles. The number of hydrogen-bond acceptors (Lipinski definition) is 6. The van der Waals surface area contributed by atoms with Crippen LogP contribution in [0.5, 0.6) is 0 Å². The second kappa shape index (κ2) is 8.22. The van der Waals surface area contributed by atoms with Crippen LogP contribution in [0.15, 0.2) is 24.7 Å². The fraction of sp³-hybridized carbons (Fsp3) is 0.591. The minimum atomic E-state index is -2.71. The first kappa shape index (κ1) is 23.7. The van der Waals surface area contributed by atoms with Crippen LogP contribution in [0.25, 0.3) is 5.65 Å². The molecular formula is C22H30F2N4O4. The SMILES string of the molecule is CC(C)(C)OC(=O)N(C(=O)OC(C)(C)C)c1cc(N2CCC(F)(F)CC2)c2nccn2c1. The number of carbonyl (C=O) groups excluding carboxylic acids is 2. The van der Waals surface area contributed by atoms with Crippen LogP contribution in [0.1, 0.15) is 54.4 Å². The lowest BCUT2D eigenvalue weighted by Crippen LogP contribution is -2.44. The summed E-state index contributed by atoms with van der Waals surface area (Å²) in [5, 5.41) is 0. The molecule has 10 heteroatoms. The minimum absolute atomic E-state index is 0.123. The number of nitrogens with zero attached hydrogens (tertiary/aromatic N) is 4. The van der Waals surface area contributed by atoms with Gasteiger partial charge >= 0.3 is 12.2 Å². The predicted octanol–water partition coefficient (Wildman–Crippen LogP) is 5.25. The summed E-state index contributed by atoms with van der Waals surface area (Å²) in [6.45, 7) is 10.4. The van der Waals surface area contributed by atoms with Gasteiger partial charge in [0.1, 0.15) is 11.2 Å². The zero-order valence-corrected chi connectivity index (χ0v) is 19.3. The fourth-order valence-electron chi connectivity index (χ4n) is 3.33. The molecule has 0 aromatic carbocycles. The number of hydrogen-bond donors (Lipinski definition) is 0. The molecule has 0 aliphatic carbocycles. The molecule has 0 saturated carbocycles. The van der Waals surface area contributed by atoms with Crippen LogP contribution in [0.3, 0.4) is 0 Å². The summed E-state index contributed by atoms with van der Waals surface area (Å²) >= 11 is 0. The van der Waals surface area contributed by atoms with Crippen LogP contribution in [0.2, 0.25) is 0 Å². The summed E-state index contributed by atoms with van der Waals surface area (Å²) in [5.41, 5.74) is -0.436. The molecule has 0 atom stereocenters. The van der Waals surface area contributed by atoms with Gasteiger partial charge in [-0.05, 0) is 47.6 Å². The monoisotopic (exact) mass is 452 g/mol. The molecule has 0 spiro atoms. The highest BCUT2D eigenvalue weighted by atomic mass is 19.3. The average molecular weight is 453 g/mol. The summed E-state index contributed by atoms with van der Waals surface area (Å²) < 4.78 is 39.9. The predicted molar refractivity (Wildman–Crippen MR) is 117 cm³/mol. The Bertz CT molecular complexity index is 970. The summed E-state index contributed by atoms with van der Waals surface area (Å²) in [5.74, 6) is -2.71. The second-order valence-corrected chi connectivity index (χ2v) is 9.88. The first-order chi connectivity index (χ1) is 14.7. The van der Waals surface area contributed by atoms with Crippen molar-refractivity contribution in [3.63, 3.8) is 0 Å². The van der Waals surface area contributed by atoms with Gasteiger partial charge in [-0.25, -0.2) is 23.4 Å². The van der Waals surface area contributed by atoms with E-state index in [9.17, 15) is 18.4 Å². The molecule has 3 heterocycles. The summed E-state index contributed by atoms with van der Waals surface area (Å²) in [4.78, 5) is 32.9. The molecule has 2 aromatic heterocycles. The second-order valence-electron chi connectivity index (χ2n) is 9.88. The standard InChI is InChI=1S/C22H30F2N4O4/c1-20(2,3)31-18(29)28(19(30)32-21(4,5)6)15-13-16(17-25-9-12-27(17)14-15)26-10-7-22(23,24)8-11-26/h9,12-14H,7-8,10-11H2,1-6H3. The molecule has 2 amide bonds. The van der Waals surface area contributed by atoms with Gasteiger partial charge in [0.15, 0.2) is 5.65 Å². The molecule has 1 aliphatic heterocycles. The van der Waals surface area contributed by atoms with Crippen LogP contribution in [0.4, 0.5) is 29.7 Å². The smallest absolute Gasteiger partial charge is 0.424 e. The van der Waals surface area contributed by atoms with E-state index in [0.717, 1.165) is 4.90 Å². The van der Waals surface area contributed by atoms with Gasteiger partial charge in [0, 0.05) is 44.5 Å². The molecule has 0 unspecified atom stereocenters. The molecule has 1 aliphatic rings. The van der Waals surface area contributed by atoms with Gasteiger partial charge in [-0.2, -0.15) is 4.90 Å². The highest BCUT2D eigenvalue weighted by molar-refractivity contribution is 6.10. The van der Waals surface area contributed by atoms with Crippen molar-refractivity contribution in [2.45, 2.75) is 71.5 Å². The van der Waals surface area contributed by atoms with Crippen molar-refractivity contribution in [3.05, 3.63) is 24.7 Å². The van der Waals surface area contributed by atoms with E-state index in [1.165, 1.54) is 0 Å². The third-order valence-corrected chi connectivity index (χ3v) is 4.70. The van der Waals surface area contributed by atoms with Gasteiger partial charge in [-0.15, -0.1) is 0 Å². The Labute approximate surface area is 186 Å². The van der Waals surface area contributed by atoms with Crippen LogP contribution >= 0.6 is 0 Å². The first-order valence-electron chi connectivity index (χ1n) is 10.5. The maximum absolute atomic E-state index is 13.7. The Balaban J connectivity index is 2.06. The Morgan fingerprint density at radius 1 is 1.03 bits per heavy atom. The number of alkyl halides is 2. The highest BCUT2D eigenvalue weighted by Crippen LogP contribution is 2.34.